The number of aromatic nitrogens is 1. The van der Waals surface area contributed by atoms with Gasteiger partial charge in [-0.3, -0.25) is 5.32 Å². The van der Waals surface area contributed by atoms with E-state index >= 15 is 0 Å². The molecule has 136 valence electrons. The summed E-state index contributed by atoms with van der Waals surface area (Å²) in [6.45, 7) is 8.02. The molecule has 1 aliphatic rings. The minimum absolute atomic E-state index is 0.0473. The van der Waals surface area contributed by atoms with Gasteiger partial charge in [0.15, 0.2) is 6.19 Å². The first-order valence-corrected chi connectivity index (χ1v) is 8.63. The van der Waals surface area contributed by atoms with Crippen LogP contribution in [0.1, 0.15) is 47.0 Å². The number of nitrogens with one attached hydrogen (secondary N) is 2. The van der Waals surface area contributed by atoms with E-state index in [4.69, 9.17) is 16.9 Å². The molecule has 1 atom stereocenters. The maximum atomic E-state index is 10.5. The lowest BCUT2D eigenvalue weighted by Gasteiger charge is -2.42. The van der Waals surface area contributed by atoms with Crippen molar-refractivity contribution in [3.8, 4) is 6.19 Å². The van der Waals surface area contributed by atoms with Crippen molar-refractivity contribution in [3.63, 3.8) is 0 Å². The van der Waals surface area contributed by atoms with Crippen LogP contribution in [0.3, 0.4) is 0 Å². The normalized spacial score (nSPS) is 23.4. The molecule has 1 fully saturated rings. The van der Waals surface area contributed by atoms with Gasteiger partial charge in [0.05, 0.1) is 6.04 Å². The average molecular weight is 365 g/mol. The second kappa shape index (κ2) is 7.56. The first kappa shape index (κ1) is 19.4. The van der Waals surface area contributed by atoms with Crippen molar-refractivity contribution in [1.82, 2.24) is 15.4 Å². The number of halogens is 1. The highest BCUT2D eigenvalue weighted by molar-refractivity contribution is 6.29. The molecule has 2 heterocycles. The van der Waals surface area contributed by atoms with Gasteiger partial charge in [0.1, 0.15) is 11.0 Å². The number of anilines is 1. The molecule has 1 saturated heterocycles. The predicted octanol–water partition coefficient (Wildman–Crippen LogP) is 3.37. The average Bonchev–Trinajstić information content (AvgIpc) is 2.58. The number of hydrogen-bond acceptors (Lipinski definition) is 5. The van der Waals surface area contributed by atoms with E-state index in [0.29, 0.717) is 23.4 Å². The minimum Gasteiger partial charge on any atom is -0.313 e. The molecule has 1 aliphatic heterocycles. The molecule has 3 N–H and O–H groups in total. The zero-order valence-electron chi connectivity index (χ0n) is 15.0. The fourth-order valence-electron chi connectivity index (χ4n) is 3.25. The molecule has 0 saturated carbocycles. The Morgan fingerprint density at radius 3 is 2.76 bits per heavy atom. The molecule has 0 radical (unpaired) electrons. The van der Waals surface area contributed by atoms with Crippen molar-refractivity contribution in [3.05, 3.63) is 23.4 Å². The molecule has 0 aromatic carbocycles. The van der Waals surface area contributed by atoms with Gasteiger partial charge in [-0.15, -0.1) is 0 Å². The first-order valence-electron chi connectivity index (χ1n) is 8.26. The Bertz CT molecular complexity index is 682. The SMILES string of the molecule is CC1(C)CCC(N=C(NC#N)Nc2cccc(Cl)n2)CC(C)(C)N1O. The number of hydroxylamine groups is 2. The molecular weight excluding hydrogens is 340 g/mol. The maximum Gasteiger partial charge on any atom is 0.210 e. The van der Waals surface area contributed by atoms with Crippen molar-refractivity contribution in [2.75, 3.05) is 5.32 Å². The third-order valence-corrected chi connectivity index (χ3v) is 4.63. The number of guanidine groups is 1. The molecule has 25 heavy (non-hydrogen) atoms. The molecular formula is C17H25ClN6O. The number of nitriles is 1. The lowest BCUT2D eigenvalue weighted by atomic mass is 9.94. The van der Waals surface area contributed by atoms with E-state index < -0.39 is 5.54 Å². The van der Waals surface area contributed by atoms with Crippen LogP contribution >= 0.6 is 11.6 Å². The van der Waals surface area contributed by atoms with Crippen molar-refractivity contribution < 1.29 is 5.21 Å². The molecule has 0 bridgehead atoms. The van der Waals surface area contributed by atoms with E-state index in [1.165, 1.54) is 5.06 Å². The molecule has 1 unspecified atom stereocenters. The van der Waals surface area contributed by atoms with Gasteiger partial charge in [-0.1, -0.05) is 17.7 Å². The van der Waals surface area contributed by atoms with Gasteiger partial charge in [0.25, 0.3) is 0 Å². The molecule has 8 heteroatoms. The van der Waals surface area contributed by atoms with E-state index in [1.807, 2.05) is 33.9 Å². The molecule has 1 aromatic heterocycles. The highest BCUT2D eigenvalue weighted by atomic mass is 35.5. The van der Waals surface area contributed by atoms with Crippen LogP contribution in [0.15, 0.2) is 23.2 Å². The van der Waals surface area contributed by atoms with Crippen LogP contribution in [-0.4, -0.2) is 38.3 Å². The molecule has 0 aliphatic carbocycles. The lowest BCUT2D eigenvalue weighted by Crippen LogP contribution is -2.52. The highest BCUT2D eigenvalue weighted by Gasteiger charge is 2.41. The van der Waals surface area contributed by atoms with E-state index in [1.54, 1.807) is 18.2 Å². The minimum atomic E-state index is -0.430. The van der Waals surface area contributed by atoms with E-state index in [9.17, 15) is 5.21 Å². The van der Waals surface area contributed by atoms with Gasteiger partial charge in [-0.05, 0) is 59.1 Å². The van der Waals surface area contributed by atoms with Crippen LogP contribution in [0.4, 0.5) is 5.82 Å². The smallest absolute Gasteiger partial charge is 0.210 e. The number of pyridine rings is 1. The number of aliphatic imine (C=N–C) groups is 1. The van der Waals surface area contributed by atoms with Gasteiger partial charge >= 0.3 is 0 Å². The molecule has 1 aromatic rings. The summed E-state index contributed by atoms with van der Waals surface area (Å²) in [5.74, 6) is 0.827. The van der Waals surface area contributed by atoms with Gasteiger partial charge in [-0.2, -0.15) is 10.3 Å². The third-order valence-electron chi connectivity index (χ3n) is 4.42. The summed E-state index contributed by atoms with van der Waals surface area (Å²) < 4.78 is 0. The number of hydrogen-bond donors (Lipinski definition) is 3. The first-order chi connectivity index (χ1) is 11.6. The Hall–Kier alpha value is -1.88. The van der Waals surface area contributed by atoms with Gasteiger partial charge in [0.2, 0.25) is 5.96 Å². The monoisotopic (exact) mass is 364 g/mol. The second-order valence-corrected chi connectivity index (χ2v) is 7.91. The van der Waals surface area contributed by atoms with E-state index in [2.05, 4.69) is 20.6 Å². The van der Waals surface area contributed by atoms with Gasteiger partial charge in [-0.25, -0.2) is 9.98 Å². The fourth-order valence-corrected chi connectivity index (χ4v) is 3.41. The highest BCUT2D eigenvalue weighted by Crippen LogP contribution is 2.36. The summed E-state index contributed by atoms with van der Waals surface area (Å²) in [5, 5.41) is 26.9. The Kier molecular flexibility index (Phi) is 5.88. The van der Waals surface area contributed by atoms with Crippen molar-refractivity contribution >= 4 is 23.4 Å². The molecule has 0 spiro atoms. The summed E-state index contributed by atoms with van der Waals surface area (Å²) >= 11 is 5.89. The van der Waals surface area contributed by atoms with Crippen LogP contribution in [0.25, 0.3) is 0 Å². The van der Waals surface area contributed by atoms with Gasteiger partial charge in [0, 0.05) is 11.1 Å². The maximum absolute atomic E-state index is 10.5. The fraction of sp³-hybridized carbons (Fsp3) is 0.588. The van der Waals surface area contributed by atoms with Crippen LogP contribution in [0, 0.1) is 11.5 Å². The van der Waals surface area contributed by atoms with Crippen molar-refractivity contribution in [1.29, 1.82) is 5.26 Å². The number of nitrogens with zero attached hydrogens (tertiary/aromatic N) is 4. The Morgan fingerprint density at radius 2 is 2.12 bits per heavy atom. The van der Waals surface area contributed by atoms with Crippen molar-refractivity contribution in [2.45, 2.75) is 64.1 Å². The summed E-state index contributed by atoms with van der Waals surface area (Å²) in [6.07, 6.45) is 4.14. The Labute approximate surface area is 153 Å². The molecule has 2 rings (SSSR count). The molecule has 7 nitrogen and oxygen atoms in total. The Balaban J connectivity index is 2.23. The summed E-state index contributed by atoms with van der Waals surface area (Å²) in [6, 6.07) is 5.14. The number of rotatable bonds is 2. The topological polar surface area (TPSA) is 96.6 Å². The van der Waals surface area contributed by atoms with Crippen molar-refractivity contribution in [2.24, 2.45) is 4.99 Å². The van der Waals surface area contributed by atoms with Crippen LogP contribution < -0.4 is 10.6 Å². The van der Waals surface area contributed by atoms with Gasteiger partial charge < -0.3 is 10.5 Å². The zero-order valence-corrected chi connectivity index (χ0v) is 15.8. The Morgan fingerprint density at radius 1 is 1.40 bits per heavy atom. The van der Waals surface area contributed by atoms with Crippen LogP contribution in [-0.2, 0) is 0 Å². The van der Waals surface area contributed by atoms with Crippen LogP contribution in [0.5, 0.6) is 0 Å². The standard InChI is InChI=1S/C17H25ClN6O/c1-16(2)9-8-12(10-17(3,4)24(16)25)21-15(20-11-19)23-14-7-5-6-13(18)22-14/h5-7,12,25H,8-10H2,1-4H3,(H2,20,21,22,23). The van der Waals surface area contributed by atoms with E-state index in [0.717, 1.165) is 12.8 Å². The van der Waals surface area contributed by atoms with Crippen LogP contribution in [0.2, 0.25) is 5.15 Å². The molecule has 0 amide bonds. The lowest BCUT2D eigenvalue weighted by molar-refractivity contribution is -0.221. The summed E-state index contributed by atoms with van der Waals surface area (Å²) in [4.78, 5) is 8.80. The summed E-state index contributed by atoms with van der Waals surface area (Å²) in [7, 11) is 0. The third kappa shape index (κ3) is 5.05. The zero-order chi connectivity index (χ0) is 18.7. The quantitative estimate of drug-likeness (QED) is 0.245. The van der Waals surface area contributed by atoms with E-state index in [-0.39, 0.29) is 11.6 Å². The predicted molar refractivity (Wildman–Crippen MR) is 98.5 cm³/mol. The second-order valence-electron chi connectivity index (χ2n) is 7.52. The largest absolute Gasteiger partial charge is 0.313 e. The summed E-state index contributed by atoms with van der Waals surface area (Å²) in [5.41, 5.74) is -0.765.